The summed E-state index contributed by atoms with van der Waals surface area (Å²) < 4.78 is 16.7. The summed E-state index contributed by atoms with van der Waals surface area (Å²) in [6.45, 7) is 1.72. The summed E-state index contributed by atoms with van der Waals surface area (Å²) in [7, 11) is 1.61. The number of rotatable bonds is 7. The quantitative estimate of drug-likeness (QED) is 0.799. The largest absolute Gasteiger partial charge is 0.497 e. The minimum absolute atomic E-state index is 0.203. The molecule has 1 aliphatic carbocycles. The van der Waals surface area contributed by atoms with Gasteiger partial charge in [-0.05, 0) is 81.1 Å². The van der Waals surface area contributed by atoms with Gasteiger partial charge in [0.1, 0.15) is 17.2 Å². The van der Waals surface area contributed by atoms with Crippen molar-refractivity contribution in [3.8, 4) is 17.2 Å². The Hall–Kier alpha value is -2.69. The summed E-state index contributed by atoms with van der Waals surface area (Å²) in [6, 6.07) is 14.6. The Balaban J connectivity index is 1.51. The molecule has 5 nitrogen and oxygen atoms in total. The van der Waals surface area contributed by atoms with E-state index in [1.54, 1.807) is 38.3 Å². The van der Waals surface area contributed by atoms with Gasteiger partial charge in [-0.25, -0.2) is 0 Å². The number of anilines is 1. The van der Waals surface area contributed by atoms with Crippen LogP contribution in [0.15, 0.2) is 48.5 Å². The van der Waals surface area contributed by atoms with Crippen molar-refractivity contribution in [3.05, 3.63) is 48.5 Å². The molecule has 5 heteroatoms. The monoisotopic (exact) mass is 355 g/mol. The van der Waals surface area contributed by atoms with Crippen LogP contribution in [0, 0.1) is 0 Å². The normalized spacial score (nSPS) is 15.3. The van der Waals surface area contributed by atoms with Gasteiger partial charge in [-0.1, -0.05) is 0 Å². The Morgan fingerprint density at radius 2 is 1.54 bits per heavy atom. The number of carbonyl (C=O) groups excluding carboxylic acids is 1. The van der Waals surface area contributed by atoms with E-state index in [-0.39, 0.29) is 5.91 Å². The molecule has 1 unspecified atom stereocenters. The lowest BCUT2D eigenvalue weighted by atomic mass is 10.2. The van der Waals surface area contributed by atoms with Crippen molar-refractivity contribution in [1.29, 1.82) is 0 Å². The van der Waals surface area contributed by atoms with Crippen molar-refractivity contribution < 1.29 is 19.0 Å². The predicted molar refractivity (Wildman–Crippen MR) is 101 cm³/mol. The minimum Gasteiger partial charge on any atom is -0.497 e. The predicted octanol–water partition coefficient (Wildman–Crippen LogP) is 4.42. The molecule has 1 amide bonds. The molecule has 0 aromatic heterocycles. The minimum atomic E-state index is -0.613. The number of hydrogen-bond acceptors (Lipinski definition) is 4. The fraction of sp³-hybridized carbons (Fsp3) is 0.381. The second-order valence-corrected chi connectivity index (χ2v) is 6.47. The summed E-state index contributed by atoms with van der Waals surface area (Å²) >= 11 is 0. The first-order valence-electron chi connectivity index (χ1n) is 9.02. The third-order valence-corrected chi connectivity index (χ3v) is 4.47. The number of carbonyl (C=O) groups is 1. The average Bonchev–Trinajstić information content (AvgIpc) is 3.17. The average molecular weight is 355 g/mol. The summed E-state index contributed by atoms with van der Waals surface area (Å²) in [5.41, 5.74) is 0.721. The van der Waals surface area contributed by atoms with Crippen molar-refractivity contribution >= 4 is 11.6 Å². The van der Waals surface area contributed by atoms with Gasteiger partial charge in [-0.3, -0.25) is 4.79 Å². The van der Waals surface area contributed by atoms with Crippen LogP contribution in [-0.4, -0.2) is 25.2 Å². The summed E-state index contributed by atoms with van der Waals surface area (Å²) in [5.74, 6) is 2.01. The van der Waals surface area contributed by atoms with Gasteiger partial charge >= 0.3 is 0 Å². The fourth-order valence-corrected chi connectivity index (χ4v) is 2.97. The molecule has 0 heterocycles. The second-order valence-electron chi connectivity index (χ2n) is 6.47. The highest BCUT2D eigenvalue weighted by Crippen LogP contribution is 2.25. The van der Waals surface area contributed by atoms with Crippen molar-refractivity contribution in [1.82, 2.24) is 0 Å². The molecule has 1 atom stereocenters. The standard InChI is InChI=1S/C21H25NO4/c1-15(25-19-13-11-17(24-2)12-14-19)21(23)22-16-7-9-20(10-8-16)26-18-5-3-4-6-18/h7-15,18H,3-6H2,1-2H3,(H,22,23). The molecule has 0 saturated heterocycles. The Morgan fingerprint density at radius 3 is 2.15 bits per heavy atom. The van der Waals surface area contributed by atoms with Crippen LogP contribution in [0.1, 0.15) is 32.6 Å². The van der Waals surface area contributed by atoms with Crippen molar-refractivity contribution in [2.24, 2.45) is 0 Å². The molecule has 1 aliphatic rings. The van der Waals surface area contributed by atoms with Crippen molar-refractivity contribution in [2.45, 2.75) is 44.8 Å². The van der Waals surface area contributed by atoms with Gasteiger partial charge in [-0.2, -0.15) is 0 Å². The van der Waals surface area contributed by atoms with Crippen LogP contribution < -0.4 is 19.5 Å². The summed E-state index contributed by atoms with van der Waals surface area (Å²) in [5, 5.41) is 2.86. The van der Waals surface area contributed by atoms with E-state index in [1.165, 1.54) is 12.8 Å². The van der Waals surface area contributed by atoms with Crippen molar-refractivity contribution in [3.63, 3.8) is 0 Å². The van der Waals surface area contributed by atoms with Gasteiger partial charge in [0.2, 0.25) is 0 Å². The number of benzene rings is 2. The molecule has 2 aromatic carbocycles. The van der Waals surface area contributed by atoms with E-state index >= 15 is 0 Å². The SMILES string of the molecule is COc1ccc(OC(C)C(=O)Nc2ccc(OC3CCCC3)cc2)cc1. The zero-order chi connectivity index (χ0) is 18.4. The lowest BCUT2D eigenvalue weighted by Gasteiger charge is -2.16. The third kappa shape index (κ3) is 4.91. The van der Waals surface area contributed by atoms with E-state index in [2.05, 4.69) is 5.32 Å². The van der Waals surface area contributed by atoms with Crippen LogP contribution in [-0.2, 0) is 4.79 Å². The Bertz CT molecular complexity index is 706. The lowest BCUT2D eigenvalue weighted by Crippen LogP contribution is -2.30. The smallest absolute Gasteiger partial charge is 0.265 e. The van der Waals surface area contributed by atoms with Gasteiger partial charge in [0.05, 0.1) is 13.2 Å². The molecule has 26 heavy (non-hydrogen) atoms. The van der Waals surface area contributed by atoms with Crippen LogP contribution in [0.25, 0.3) is 0 Å². The number of ether oxygens (including phenoxy) is 3. The van der Waals surface area contributed by atoms with Crippen LogP contribution in [0.4, 0.5) is 5.69 Å². The van der Waals surface area contributed by atoms with E-state index in [9.17, 15) is 4.79 Å². The third-order valence-electron chi connectivity index (χ3n) is 4.47. The Kier molecular flexibility index (Phi) is 6.00. The molecule has 138 valence electrons. The highest BCUT2D eigenvalue weighted by molar-refractivity contribution is 5.94. The van der Waals surface area contributed by atoms with Gasteiger partial charge in [0.25, 0.3) is 5.91 Å². The number of methoxy groups -OCH3 is 1. The van der Waals surface area contributed by atoms with Gasteiger partial charge in [0, 0.05) is 5.69 Å². The van der Waals surface area contributed by atoms with Gasteiger partial charge in [-0.15, -0.1) is 0 Å². The molecule has 1 N–H and O–H groups in total. The maximum absolute atomic E-state index is 12.3. The Morgan fingerprint density at radius 1 is 0.962 bits per heavy atom. The molecule has 1 fully saturated rings. The Labute approximate surface area is 154 Å². The topological polar surface area (TPSA) is 56.8 Å². The van der Waals surface area contributed by atoms with E-state index in [0.29, 0.717) is 11.9 Å². The zero-order valence-electron chi connectivity index (χ0n) is 15.2. The second kappa shape index (κ2) is 8.61. The molecule has 1 saturated carbocycles. The molecule has 3 rings (SSSR count). The van der Waals surface area contributed by atoms with E-state index in [1.807, 2.05) is 24.3 Å². The molecule has 0 bridgehead atoms. The zero-order valence-corrected chi connectivity index (χ0v) is 15.2. The van der Waals surface area contributed by atoms with E-state index in [4.69, 9.17) is 14.2 Å². The molecule has 0 spiro atoms. The fourth-order valence-electron chi connectivity index (χ4n) is 2.97. The number of amides is 1. The molecule has 2 aromatic rings. The molecular formula is C21H25NO4. The maximum Gasteiger partial charge on any atom is 0.265 e. The lowest BCUT2D eigenvalue weighted by molar-refractivity contribution is -0.122. The summed E-state index contributed by atoms with van der Waals surface area (Å²) in [6.07, 6.45) is 4.44. The van der Waals surface area contributed by atoms with E-state index in [0.717, 1.165) is 30.0 Å². The molecular weight excluding hydrogens is 330 g/mol. The summed E-state index contributed by atoms with van der Waals surface area (Å²) in [4.78, 5) is 12.3. The first-order chi connectivity index (χ1) is 12.6. The molecule has 0 aliphatic heterocycles. The number of nitrogens with one attached hydrogen (secondary N) is 1. The van der Waals surface area contributed by atoms with Crippen LogP contribution >= 0.6 is 0 Å². The van der Waals surface area contributed by atoms with Crippen molar-refractivity contribution in [2.75, 3.05) is 12.4 Å². The molecule has 0 radical (unpaired) electrons. The van der Waals surface area contributed by atoms with E-state index < -0.39 is 6.10 Å². The first-order valence-corrected chi connectivity index (χ1v) is 9.02. The van der Waals surface area contributed by atoms with Crippen LogP contribution in [0.2, 0.25) is 0 Å². The van der Waals surface area contributed by atoms with Crippen LogP contribution in [0.5, 0.6) is 17.2 Å². The highest BCUT2D eigenvalue weighted by atomic mass is 16.5. The maximum atomic E-state index is 12.3. The highest BCUT2D eigenvalue weighted by Gasteiger charge is 2.17. The van der Waals surface area contributed by atoms with Crippen LogP contribution in [0.3, 0.4) is 0 Å². The first kappa shape index (κ1) is 18.1. The number of hydrogen-bond donors (Lipinski definition) is 1. The van der Waals surface area contributed by atoms with Gasteiger partial charge < -0.3 is 19.5 Å². The van der Waals surface area contributed by atoms with Gasteiger partial charge in [0.15, 0.2) is 6.10 Å².